The zero-order valence-corrected chi connectivity index (χ0v) is 30.5. The fourth-order valence-electron chi connectivity index (χ4n) is 7.38. The topological polar surface area (TPSA) is 184 Å². The van der Waals surface area contributed by atoms with Crippen LogP contribution in [0, 0.1) is 0 Å². The van der Waals surface area contributed by atoms with Gasteiger partial charge in [0.15, 0.2) is 17.0 Å². The Morgan fingerprint density at radius 1 is 0.944 bits per heavy atom. The van der Waals surface area contributed by atoms with Crippen molar-refractivity contribution in [2.24, 2.45) is 0 Å². The van der Waals surface area contributed by atoms with E-state index in [0.717, 1.165) is 16.8 Å². The molecule has 0 spiro atoms. The second-order valence-corrected chi connectivity index (χ2v) is 13.6. The van der Waals surface area contributed by atoms with Crippen LogP contribution in [0.5, 0.6) is 0 Å². The number of imidazole rings is 1. The van der Waals surface area contributed by atoms with Crippen LogP contribution in [-0.4, -0.2) is 93.6 Å². The zero-order chi connectivity index (χ0) is 36.3. The lowest BCUT2D eigenvalue weighted by molar-refractivity contribution is 0.00497. The Kier molecular flexibility index (Phi) is 11.0. The summed E-state index contributed by atoms with van der Waals surface area (Å²) in [5.74, 6) is 1.05. The molecule has 0 unspecified atom stereocenters. The molecule has 2 aliphatic rings. The maximum atomic E-state index is 12.8. The van der Waals surface area contributed by atoms with Gasteiger partial charge >= 0.3 is 6.03 Å². The summed E-state index contributed by atoms with van der Waals surface area (Å²) < 4.78 is 1.84. The van der Waals surface area contributed by atoms with Crippen LogP contribution in [0.4, 0.5) is 22.2 Å². The van der Waals surface area contributed by atoms with Gasteiger partial charge in [-0.15, -0.1) is 12.4 Å². The highest BCUT2D eigenvalue weighted by molar-refractivity contribution is 5.89. The number of urea groups is 1. The van der Waals surface area contributed by atoms with Crippen LogP contribution in [0.15, 0.2) is 97.7 Å². The molecule has 2 aromatic carbocycles. The van der Waals surface area contributed by atoms with Crippen molar-refractivity contribution in [2.75, 3.05) is 35.2 Å². The lowest BCUT2D eigenvalue weighted by Crippen LogP contribution is -2.40. The van der Waals surface area contributed by atoms with Crippen LogP contribution >= 0.6 is 12.4 Å². The number of benzene rings is 2. The molecule has 280 valence electrons. The fraction of sp³-hybridized carbons (Fsp3) is 0.342. The summed E-state index contributed by atoms with van der Waals surface area (Å²) in [6.45, 7) is 3.64. The number of halogens is 1. The van der Waals surface area contributed by atoms with Gasteiger partial charge in [-0.2, -0.15) is 25.0 Å². The Morgan fingerprint density at radius 2 is 1.69 bits per heavy atom. The largest absolute Gasteiger partial charge is 0.388 e. The van der Waals surface area contributed by atoms with Crippen LogP contribution in [0.25, 0.3) is 11.2 Å². The molecule has 2 amide bonds. The molecular weight excluding hydrogens is 708 g/mol. The van der Waals surface area contributed by atoms with Crippen LogP contribution in [-0.2, 0) is 6.42 Å². The molecule has 0 radical (unpaired) electrons. The minimum atomic E-state index is -1.11. The summed E-state index contributed by atoms with van der Waals surface area (Å²) in [7, 11) is 0. The van der Waals surface area contributed by atoms with Crippen molar-refractivity contribution >= 4 is 47.1 Å². The zero-order valence-electron chi connectivity index (χ0n) is 29.7. The quantitative estimate of drug-likeness (QED) is 0.127. The summed E-state index contributed by atoms with van der Waals surface area (Å²) in [4.78, 5) is 35.3. The third-order valence-corrected chi connectivity index (χ3v) is 10.2. The van der Waals surface area contributed by atoms with Crippen molar-refractivity contribution in [2.45, 2.75) is 62.4 Å². The summed E-state index contributed by atoms with van der Waals surface area (Å²) >= 11 is 0. The highest BCUT2D eigenvalue weighted by atomic mass is 35.5. The van der Waals surface area contributed by atoms with E-state index in [-0.39, 0.29) is 30.4 Å². The first kappa shape index (κ1) is 36.7. The van der Waals surface area contributed by atoms with Gasteiger partial charge in [-0.25, -0.2) is 9.78 Å². The number of hydrogen-bond acceptors (Lipinski definition) is 11. The maximum absolute atomic E-state index is 12.8. The highest BCUT2D eigenvalue weighted by Crippen LogP contribution is 2.40. The lowest BCUT2D eigenvalue weighted by Gasteiger charge is -2.22. The standard InChI is InChI=1S/C38H42N12O3.ClH/c1-2-26-20-42-50(47-26)31-18-30(33(51)34(31)52)49-23-41-32-35(40-21-29(24-10-5-3-6-11-24)25-12-7-4-8-13-25)45-37(46-36(32)49)48-17-15-28(22-48)44-38(53)43-27-14-9-16-39-19-27;/h3-14,16,19-20,23,28-31,33-34,51-52H,2,15,17-18,21-22H2,1H3,(H,40,45,46)(H2,43,44,53);1H/t28-,30-,31+,33+,34-;/m1./s1. The average molecular weight is 751 g/mol. The van der Waals surface area contributed by atoms with Gasteiger partial charge in [-0.05, 0) is 42.5 Å². The number of aliphatic hydroxyl groups excluding tert-OH is 2. The van der Waals surface area contributed by atoms with E-state index in [1.165, 1.54) is 4.80 Å². The lowest BCUT2D eigenvalue weighted by atomic mass is 9.91. The molecule has 5 N–H and O–H groups in total. The SMILES string of the molecule is CCc1cnn([C@H]2C[C@@H](n3cnc4c(NCC(c5ccccc5)c5ccccc5)nc(N5CC[C@@H](NC(=O)Nc6cccnc6)C5)nc43)[C@H](O)[C@@H]2O)n1.Cl. The second kappa shape index (κ2) is 16.2. The fourth-order valence-corrected chi connectivity index (χ4v) is 7.38. The van der Waals surface area contributed by atoms with E-state index in [2.05, 4.69) is 55.4 Å². The molecule has 0 bridgehead atoms. The molecule has 1 saturated heterocycles. The Morgan fingerprint density at radius 3 is 2.37 bits per heavy atom. The van der Waals surface area contributed by atoms with E-state index in [9.17, 15) is 15.0 Å². The number of hydrogen-bond donors (Lipinski definition) is 5. The molecule has 1 aliphatic heterocycles. The van der Waals surface area contributed by atoms with Crippen molar-refractivity contribution in [3.63, 3.8) is 0 Å². The number of pyridine rings is 1. The number of amides is 2. The van der Waals surface area contributed by atoms with Crippen LogP contribution in [0.3, 0.4) is 0 Å². The Balaban J connectivity index is 0.00000450. The van der Waals surface area contributed by atoms with Gasteiger partial charge in [0.1, 0.15) is 18.2 Å². The van der Waals surface area contributed by atoms with Crippen LogP contribution in [0.1, 0.15) is 54.6 Å². The van der Waals surface area contributed by atoms with E-state index in [1.54, 1.807) is 37.1 Å². The molecule has 15 nitrogen and oxygen atoms in total. The predicted octanol–water partition coefficient (Wildman–Crippen LogP) is 4.35. The molecule has 5 atom stereocenters. The van der Waals surface area contributed by atoms with Crippen molar-refractivity contribution in [1.82, 2.24) is 44.8 Å². The van der Waals surface area contributed by atoms with Gasteiger partial charge in [0.2, 0.25) is 5.95 Å². The number of nitrogens with zero attached hydrogens (tertiary/aromatic N) is 9. The summed E-state index contributed by atoms with van der Waals surface area (Å²) in [6.07, 6.45) is 6.19. The normalized spacial score (nSPS) is 21.0. The van der Waals surface area contributed by atoms with Crippen molar-refractivity contribution in [1.29, 1.82) is 0 Å². The second-order valence-electron chi connectivity index (χ2n) is 13.6. The molecule has 16 heteroatoms. The summed E-state index contributed by atoms with van der Waals surface area (Å²) in [6, 6.07) is 22.7. The first-order chi connectivity index (χ1) is 25.9. The Bertz CT molecular complexity index is 2110. The van der Waals surface area contributed by atoms with E-state index in [4.69, 9.17) is 15.0 Å². The maximum Gasteiger partial charge on any atom is 0.319 e. The average Bonchev–Trinajstić information content (AvgIpc) is 4.00. The molecule has 8 rings (SSSR count). The number of anilines is 3. The van der Waals surface area contributed by atoms with Crippen molar-refractivity contribution in [3.05, 3.63) is 115 Å². The molecule has 54 heavy (non-hydrogen) atoms. The number of carbonyl (C=O) groups is 1. The van der Waals surface area contributed by atoms with Gasteiger partial charge in [0.25, 0.3) is 0 Å². The van der Waals surface area contributed by atoms with Crippen LogP contribution < -0.4 is 20.9 Å². The molecule has 5 heterocycles. The summed E-state index contributed by atoms with van der Waals surface area (Å²) in [5.41, 5.74) is 4.82. The monoisotopic (exact) mass is 750 g/mol. The first-order valence-corrected chi connectivity index (χ1v) is 18.0. The number of rotatable bonds is 11. The minimum absolute atomic E-state index is 0. The molecule has 2 fully saturated rings. The van der Waals surface area contributed by atoms with E-state index in [0.29, 0.717) is 67.5 Å². The third kappa shape index (κ3) is 7.56. The predicted molar refractivity (Wildman–Crippen MR) is 207 cm³/mol. The number of carbonyl (C=O) groups excluding carboxylic acids is 1. The minimum Gasteiger partial charge on any atom is -0.388 e. The number of fused-ring (bicyclic) bond motifs is 1. The molecule has 6 aromatic rings. The molecule has 4 aromatic heterocycles. The molecule has 1 aliphatic carbocycles. The van der Waals surface area contributed by atoms with Crippen molar-refractivity contribution < 1.29 is 15.0 Å². The van der Waals surface area contributed by atoms with E-state index >= 15 is 0 Å². The van der Waals surface area contributed by atoms with Gasteiger partial charge < -0.3 is 35.6 Å². The van der Waals surface area contributed by atoms with Gasteiger partial charge in [-0.1, -0.05) is 67.6 Å². The van der Waals surface area contributed by atoms with Crippen LogP contribution in [0.2, 0.25) is 0 Å². The smallest absolute Gasteiger partial charge is 0.319 e. The van der Waals surface area contributed by atoms with Gasteiger partial charge in [0, 0.05) is 37.8 Å². The van der Waals surface area contributed by atoms with Gasteiger partial charge in [-0.3, -0.25) is 4.98 Å². The number of nitrogens with one attached hydrogen (secondary N) is 3. The van der Waals surface area contributed by atoms with Gasteiger partial charge in [0.05, 0.1) is 36.1 Å². The molecule has 1 saturated carbocycles. The third-order valence-electron chi connectivity index (χ3n) is 10.2. The van der Waals surface area contributed by atoms with Crippen molar-refractivity contribution in [3.8, 4) is 0 Å². The highest BCUT2D eigenvalue weighted by Gasteiger charge is 2.45. The molecular formula is C38H43ClN12O3. The first-order valence-electron chi connectivity index (χ1n) is 18.0. The summed E-state index contributed by atoms with van der Waals surface area (Å²) in [5, 5.41) is 41.0. The van der Waals surface area contributed by atoms with E-state index in [1.807, 2.05) is 52.8 Å². The number of aliphatic hydroxyl groups is 2. The number of aryl methyl sites for hydroxylation is 1. The van der Waals surface area contributed by atoms with E-state index < -0.39 is 24.3 Å². The number of aromatic nitrogens is 8. The Hall–Kier alpha value is -5.64. The Labute approximate surface area is 318 Å².